The maximum absolute atomic E-state index is 10.9. The topological polar surface area (TPSA) is 46.3 Å². The first-order chi connectivity index (χ1) is 5.74. The van der Waals surface area contributed by atoms with Gasteiger partial charge in [-0.3, -0.25) is 9.69 Å². The summed E-state index contributed by atoms with van der Waals surface area (Å²) >= 11 is 0. The van der Waals surface area contributed by atoms with E-state index >= 15 is 0 Å². The highest BCUT2D eigenvalue weighted by atomic mass is 16.1. The summed E-state index contributed by atoms with van der Waals surface area (Å²) in [5, 5.41) is 0. The Balaban J connectivity index is 2.39. The number of hydrogen-bond donors (Lipinski definition) is 1. The molecule has 1 aliphatic rings. The Kier molecular flexibility index (Phi) is 3.29. The van der Waals surface area contributed by atoms with E-state index in [-0.39, 0.29) is 11.8 Å². The third-order valence-corrected chi connectivity index (χ3v) is 2.30. The van der Waals surface area contributed by atoms with Gasteiger partial charge >= 0.3 is 0 Å². The van der Waals surface area contributed by atoms with Crippen molar-refractivity contribution in [3.63, 3.8) is 0 Å². The Morgan fingerprint density at radius 3 is 3.08 bits per heavy atom. The molecule has 3 heteroatoms. The average molecular weight is 168 g/mol. The van der Waals surface area contributed by atoms with Crippen LogP contribution in [-0.2, 0) is 4.79 Å². The number of nitrogens with zero attached hydrogens (tertiary/aromatic N) is 1. The number of nitrogens with two attached hydrogens (primary N) is 1. The zero-order valence-electron chi connectivity index (χ0n) is 7.33. The summed E-state index contributed by atoms with van der Waals surface area (Å²) in [7, 11) is 0. The van der Waals surface area contributed by atoms with E-state index < -0.39 is 0 Å². The number of hydrogen-bond acceptors (Lipinski definition) is 2. The van der Waals surface area contributed by atoms with Crippen LogP contribution in [-0.4, -0.2) is 30.4 Å². The minimum atomic E-state index is -0.163. The normalized spacial score (nSPS) is 25.2. The molecule has 0 spiro atoms. The summed E-state index contributed by atoms with van der Waals surface area (Å²) in [6, 6.07) is 0. The first-order valence-electron chi connectivity index (χ1n) is 4.36. The van der Waals surface area contributed by atoms with E-state index in [2.05, 4.69) is 11.5 Å². The number of piperidine rings is 1. The summed E-state index contributed by atoms with van der Waals surface area (Å²) in [6.07, 6.45) is 3.88. The molecule has 2 N–H and O–H groups in total. The van der Waals surface area contributed by atoms with E-state index in [0.29, 0.717) is 0 Å². The van der Waals surface area contributed by atoms with Crippen molar-refractivity contribution in [2.75, 3.05) is 19.6 Å². The quantitative estimate of drug-likeness (QED) is 0.619. The number of carbonyl (C=O) groups is 1. The molecule has 1 heterocycles. The molecular weight excluding hydrogens is 152 g/mol. The highest BCUT2D eigenvalue weighted by Gasteiger charge is 2.22. The standard InChI is InChI=1S/C9H16N2O/c1-2-5-11-6-3-4-8(7-11)9(10)12/h2,8H,1,3-7H2,(H2,10,12). The van der Waals surface area contributed by atoms with Crippen LogP contribution < -0.4 is 5.73 Å². The molecule has 0 aromatic rings. The van der Waals surface area contributed by atoms with Gasteiger partial charge in [0.2, 0.25) is 5.91 Å². The average Bonchev–Trinajstić information content (AvgIpc) is 2.05. The maximum atomic E-state index is 10.9. The lowest BCUT2D eigenvalue weighted by Gasteiger charge is -2.29. The lowest BCUT2D eigenvalue weighted by atomic mass is 9.98. The van der Waals surface area contributed by atoms with Gasteiger partial charge in [0, 0.05) is 13.1 Å². The van der Waals surface area contributed by atoms with Crippen LogP contribution in [0.25, 0.3) is 0 Å². The number of primary amides is 1. The molecule has 1 atom stereocenters. The lowest BCUT2D eigenvalue weighted by Crippen LogP contribution is -2.41. The van der Waals surface area contributed by atoms with E-state index in [1.807, 2.05) is 6.08 Å². The van der Waals surface area contributed by atoms with Gasteiger partial charge in [0.05, 0.1) is 5.92 Å². The van der Waals surface area contributed by atoms with Crippen molar-refractivity contribution < 1.29 is 4.79 Å². The van der Waals surface area contributed by atoms with Crippen LogP contribution >= 0.6 is 0 Å². The highest BCUT2D eigenvalue weighted by molar-refractivity contribution is 5.76. The van der Waals surface area contributed by atoms with Gasteiger partial charge in [-0.25, -0.2) is 0 Å². The van der Waals surface area contributed by atoms with Crippen molar-refractivity contribution in [2.24, 2.45) is 11.7 Å². The Morgan fingerprint density at radius 1 is 1.75 bits per heavy atom. The predicted molar refractivity (Wildman–Crippen MR) is 48.6 cm³/mol. The van der Waals surface area contributed by atoms with E-state index in [4.69, 9.17) is 5.73 Å². The molecule has 0 saturated carbocycles. The monoisotopic (exact) mass is 168 g/mol. The van der Waals surface area contributed by atoms with Gasteiger partial charge in [-0.2, -0.15) is 0 Å². The minimum absolute atomic E-state index is 0.0544. The molecule has 0 aliphatic carbocycles. The number of amides is 1. The largest absolute Gasteiger partial charge is 0.369 e. The SMILES string of the molecule is C=CCN1CCCC(C(N)=O)C1. The summed E-state index contributed by atoms with van der Waals surface area (Å²) in [5.74, 6) is -0.109. The summed E-state index contributed by atoms with van der Waals surface area (Å²) in [5.41, 5.74) is 5.23. The molecular formula is C9H16N2O. The molecule has 0 radical (unpaired) electrons. The molecule has 1 fully saturated rings. The summed E-state index contributed by atoms with van der Waals surface area (Å²) < 4.78 is 0. The van der Waals surface area contributed by atoms with Crippen molar-refractivity contribution >= 4 is 5.91 Å². The molecule has 0 bridgehead atoms. The van der Waals surface area contributed by atoms with Crippen LogP contribution in [0, 0.1) is 5.92 Å². The number of rotatable bonds is 3. The van der Waals surface area contributed by atoms with Crippen LogP contribution in [0.1, 0.15) is 12.8 Å². The van der Waals surface area contributed by atoms with Crippen molar-refractivity contribution in [3.8, 4) is 0 Å². The lowest BCUT2D eigenvalue weighted by molar-refractivity contribution is -0.123. The van der Waals surface area contributed by atoms with Crippen LogP contribution in [0.2, 0.25) is 0 Å². The summed E-state index contributed by atoms with van der Waals surface area (Å²) in [4.78, 5) is 13.1. The molecule has 1 saturated heterocycles. The summed E-state index contributed by atoms with van der Waals surface area (Å²) in [6.45, 7) is 6.40. The van der Waals surface area contributed by atoms with Crippen molar-refractivity contribution in [3.05, 3.63) is 12.7 Å². The molecule has 1 aliphatic heterocycles. The molecule has 1 amide bonds. The number of carbonyl (C=O) groups excluding carboxylic acids is 1. The third kappa shape index (κ3) is 2.34. The van der Waals surface area contributed by atoms with Crippen molar-refractivity contribution in [1.82, 2.24) is 4.90 Å². The van der Waals surface area contributed by atoms with E-state index in [0.717, 1.165) is 32.5 Å². The van der Waals surface area contributed by atoms with Gasteiger partial charge in [0.15, 0.2) is 0 Å². The van der Waals surface area contributed by atoms with Crippen LogP contribution in [0.4, 0.5) is 0 Å². The molecule has 68 valence electrons. The van der Waals surface area contributed by atoms with Crippen LogP contribution in [0.15, 0.2) is 12.7 Å². The molecule has 12 heavy (non-hydrogen) atoms. The zero-order chi connectivity index (χ0) is 8.97. The fraction of sp³-hybridized carbons (Fsp3) is 0.667. The van der Waals surface area contributed by atoms with Gasteiger partial charge < -0.3 is 5.73 Å². The molecule has 1 rings (SSSR count). The first kappa shape index (κ1) is 9.26. The van der Waals surface area contributed by atoms with Crippen LogP contribution in [0.5, 0.6) is 0 Å². The van der Waals surface area contributed by atoms with Gasteiger partial charge in [-0.05, 0) is 19.4 Å². The Hall–Kier alpha value is -0.830. The second kappa shape index (κ2) is 4.26. The molecule has 1 unspecified atom stereocenters. The maximum Gasteiger partial charge on any atom is 0.221 e. The van der Waals surface area contributed by atoms with Gasteiger partial charge in [0.25, 0.3) is 0 Å². The zero-order valence-corrected chi connectivity index (χ0v) is 7.33. The van der Waals surface area contributed by atoms with Crippen molar-refractivity contribution in [2.45, 2.75) is 12.8 Å². The first-order valence-corrected chi connectivity index (χ1v) is 4.36. The van der Waals surface area contributed by atoms with E-state index in [1.165, 1.54) is 0 Å². The third-order valence-electron chi connectivity index (χ3n) is 2.30. The Bertz CT molecular complexity index is 179. The van der Waals surface area contributed by atoms with Crippen LogP contribution in [0.3, 0.4) is 0 Å². The second-order valence-electron chi connectivity index (χ2n) is 3.29. The van der Waals surface area contributed by atoms with Gasteiger partial charge in [-0.1, -0.05) is 6.08 Å². The van der Waals surface area contributed by atoms with Gasteiger partial charge in [-0.15, -0.1) is 6.58 Å². The fourth-order valence-corrected chi connectivity index (χ4v) is 1.64. The smallest absolute Gasteiger partial charge is 0.221 e. The number of likely N-dealkylation sites (tertiary alicyclic amines) is 1. The second-order valence-corrected chi connectivity index (χ2v) is 3.29. The van der Waals surface area contributed by atoms with Gasteiger partial charge in [0.1, 0.15) is 0 Å². The van der Waals surface area contributed by atoms with Crippen molar-refractivity contribution in [1.29, 1.82) is 0 Å². The fourth-order valence-electron chi connectivity index (χ4n) is 1.64. The molecule has 0 aromatic carbocycles. The predicted octanol–water partition coefficient (Wildman–Crippen LogP) is 0.370. The highest BCUT2D eigenvalue weighted by Crippen LogP contribution is 2.15. The molecule has 3 nitrogen and oxygen atoms in total. The van der Waals surface area contributed by atoms with E-state index in [9.17, 15) is 4.79 Å². The molecule has 0 aromatic heterocycles. The Morgan fingerprint density at radius 2 is 2.50 bits per heavy atom. The Labute approximate surface area is 73.2 Å². The minimum Gasteiger partial charge on any atom is -0.369 e. The van der Waals surface area contributed by atoms with E-state index in [1.54, 1.807) is 0 Å².